The van der Waals surface area contributed by atoms with Crippen LogP contribution in [-0.2, 0) is 0 Å². The fraction of sp³-hybridized carbons (Fsp3) is 0.476. The summed E-state index contributed by atoms with van der Waals surface area (Å²) in [6.45, 7) is 9.26. The Bertz CT molecular complexity index is 801. The van der Waals surface area contributed by atoms with Crippen molar-refractivity contribution < 1.29 is 4.79 Å². The van der Waals surface area contributed by atoms with Crippen molar-refractivity contribution in [2.75, 3.05) is 27.2 Å². The lowest BCUT2D eigenvalue weighted by Crippen LogP contribution is -2.48. The van der Waals surface area contributed by atoms with E-state index in [2.05, 4.69) is 34.0 Å². The van der Waals surface area contributed by atoms with Crippen LogP contribution in [0.3, 0.4) is 0 Å². The summed E-state index contributed by atoms with van der Waals surface area (Å²) in [6.07, 6.45) is 5.17. The molecule has 1 N–H and O–H groups in total. The number of rotatable bonds is 6. The zero-order valence-electron chi connectivity index (χ0n) is 17.5. The number of amides is 2. The van der Waals surface area contributed by atoms with E-state index in [1.54, 1.807) is 17.3 Å². The van der Waals surface area contributed by atoms with Gasteiger partial charge in [-0.05, 0) is 59.1 Å². The van der Waals surface area contributed by atoms with Gasteiger partial charge in [0.2, 0.25) is 0 Å². The first-order valence-electron chi connectivity index (χ1n) is 9.64. The number of carbonyl (C=O) groups is 1. The van der Waals surface area contributed by atoms with Gasteiger partial charge in [0, 0.05) is 24.9 Å². The molecule has 1 unspecified atom stereocenters. The molecular weight excluding hydrogens is 409 g/mol. The molecule has 1 aromatic rings. The van der Waals surface area contributed by atoms with Crippen LogP contribution in [0.1, 0.15) is 43.9 Å². The summed E-state index contributed by atoms with van der Waals surface area (Å²) in [5.41, 5.74) is 1.91. The molecule has 0 spiro atoms. The molecule has 2 amide bonds. The van der Waals surface area contributed by atoms with Crippen LogP contribution in [0.4, 0.5) is 4.79 Å². The van der Waals surface area contributed by atoms with Crippen molar-refractivity contribution >= 4 is 47.9 Å². The maximum Gasteiger partial charge on any atom is 0.317 e. The van der Waals surface area contributed by atoms with Crippen LogP contribution in [0.2, 0.25) is 10.0 Å². The number of carbonyl (C=O) groups excluding carboxylic acids is 1. The maximum absolute atomic E-state index is 12.7. The Labute approximate surface area is 183 Å². The first kappa shape index (κ1) is 23.4. The van der Waals surface area contributed by atoms with Crippen LogP contribution >= 0.6 is 23.2 Å². The molecule has 1 aromatic carbocycles. The number of benzene rings is 1. The highest BCUT2D eigenvalue weighted by molar-refractivity contribution is 6.43. The van der Waals surface area contributed by atoms with Crippen molar-refractivity contribution in [2.45, 2.75) is 38.8 Å². The summed E-state index contributed by atoms with van der Waals surface area (Å²) in [5, 5.41) is 3.77. The molecule has 0 saturated carbocycles. The van der Waals surface area contributed by atoms with E-state index in [1.807, 2.05) is 33.0 Å². The molecular formula is C21H29Cl2N5O. The largest absolute Gasteiger partial charge is 0.331 e. The van der Waals surface area contributed by atoms with E-state index in [0.29, 0.717) is 21.3 Å². The van der Waals surface area contributed by atoms with Crippen LogP contribution in [0.25, 0.3) is 5.70 Å². The van der Waals surface area contributed by atoms with E-state index < -0.39 is 0 Å². The van der Waals surface area contributed by atoms with Gasteiger partial charge in [0.15, 0.2) is 0 Å². The van der Waals surface area contributed by atoms with E-state index in [1.165, 1.54) is 0 Å². The van der Waals surface area contributed by atoms with Gasteiger partial charge in [0.1, 0.15) is 0 Å². The van der Waals surface area contributed by atoms with Crippen molar-refractivity contribution in [3.05, 3.63) is 39.5 Å². The van der Waals surface area contributed by atoms with Crippen molar-refractivity contribution in [1.29, 1.82) is 0 Å². The van der Waals surface area contributed by atoms with E-state index in [4.69, 9.17) is 23.2 Å². The van der Waals surface area contributed by atoms with Crippen molar-refractivity contribution in [1.82, 2.24) is 15.1 Å². The second kappa shape index (κ2) is 10.8. The highest BCUT2D eigenvalue weighted by atomic mass is 35.5. The lowest BCUT2D eigenvalue weighted by Gasteiger charge is -2.35. The van der Waals surface area contributed by atoms with Crippen LogP contribution in [0.5, 0.6) is 0 Å². The Hall–Kier alpha value is -1.89. The lowest BCUT2D eigenvalue weighted by molar-refractivity contribution is 0.146. The molecule has 1 aliphatic rings. The number of hydrogen-bond acceptors (Lipinski definition) is 4. The quantitative estimate of drug-likeness (QED) is 0.644. The summed E-state index contributed by atoms with van der Waals surface area (Å²) in [5.74, 6) is 0. The Morgan fingerprint density at radius 2 is 2.00 bits per heavy atom. The second-order valence-electron chi connectivity index (χ2n) is 7.23. The minimum Gasteiger partial charge on any atom is -0.331 e. The molecule has 1 heterocycles. The summed E-state index contributed by atoms with van der Waals surface area (Å²) >= 11 is 13.0. The van der Waals surface area contributed by atoms with Gasteiger partial charge in [-0.15, -0.1) is 0 Å². The van der Waals surface area contributed by atoms with Crippen molar-refractivity contribution in [2.24, 2.45) is 9.98 Å². The highest BCUT2D eigenvalue weighted by Gasteiger charge is 2.25. The van der Waals surface area contributed by atoms with Crippen LogP contribution < -0.4 is 5.32 Å². The number of nitrogens with zero attached hydrogens (tertiary/aromatic N) is 4. The van der Waals surface area contributed by atoms with Gasteiger partial charge in [-0.3, -0.25) is 9.98 Å². The van der Waals surface area contributed by atoms with Crippen LogP contribution in [0, 0.1) is 0 Å². The Kier molecular flexibility index (Phi) is 8.68. The summed E-state index contributed by atoms with van der Waals surface area (Å²) in [4.78, 5) is 24.8. The minimum atomic E-state index is -0.298. The average Bonchev–Trinajstić information content (AvgIpc) is 2.71. The maximum atomic E-state index is 12.7. The summed E-state index contributed by atoms with van der Waals surface area (Å²) in [7, 11) is 3.95. The molecule has 29 heavy (non-hydrogen) atoms. The third-order valence-electron chi connectivity index (χ3n) is 5.27. The van der Waals surface area contributed by atoms with Crippen molar-refractivity contribution in [3.63, 3.8) is 0 Å². The third kappa shape index (κ3) is 5.81. The SMILES string of the molecule is C=N/C(=C\N=C/C)c1ccc(C(C)NC(=O)N(C)C2CCN(C)CC2)c(Cl)c1Cl. The molecule has 1 saturated heterocycles. The van der Waals surface area contributed by atoms with Crippen LogP contribution in [-0.4, -0.2) is 62.0 Å². The highest BCUT2D eigenvalue weighted by Crippen LogP contribution is 2.36. The topological polar surface area (TPSA) is 60.3 Å². The van der Waals surface area contributed by atoms with Gasteiger partial charge < -0.3 is 15.1 Å². The van der Waals surface area contributed by atoms with Gasteiger partial charge in [0.25, 0.3) is 0 Å². The summed E-state index contributed by atoms with van der Waals surface area (Å²) in [6, 6.07) is 3.49. The van der Waals surface area contributed by atoms with E-state index >= 15 is 0 Å². The third-order valence-corrected chi connectivity index (χ3v) is 6.16. The molecule has 8 heteroatoms. The molecule has 158 valence electrons. The fourth-order valence-corrected chi connectivity index (χ4v) is 3.95. The number of halogens is 2. The number of nitrogens with one attached hydrogen (secondary N) is 1. The number of likely N-dealkylation sites (tertiary alicyclic amines) is 1. The zero-order chi connectivity index (χ0) is 21.6. The molecule has 1 atom stereocenters. The van der Waals surface area contributed by atoms with Gasteiger partial charge in [-0.1, -0.05) is 35.3 Å². The molecule has 0 radical (unpaired) electrons. The minimum absolute atomic E-state index is 0.117. The van der Waals surface area contributed by atoms with Gasteiger partial charge in [0.05, 0.1) is 28.0 Å². The van der Waals surface area contributed by atoms with Crippen molar-refractivity contribution in [3.8, 4) is 0 Å². The molecule has 1 aliphatic heterocycles. The smallest absolute Gasteiger partial charge is 0.317 e. The van der Waals surface area contributed by atoms with E-state index in [-0.39, 0.29) is 18.1 Å². The molecule has 1 fully saturated rings. The first-order chi connectivity index (χ1) is 13.8. The average molecular weight is 438 g/mol. The molecule has 0 aliphatic carbocycles. The Morgan fingerprint density at radius 3 is 2.59 bits per heavy atom. The number of urea groups is 1. The standard InChI is InChI=1S/C21H29Cl2N5O/c1-6-25-13-18(24-3)17-8-7-16(19(22)20(17)23)14(2)26-21(29)28(5)15-9-11-27(4)12-10-15/h6-8,13-15H,3,9-12H2,1-2,4-5H3,(H,26,29)/b18-13-,25-6-. The van der Waals surface area contributed by atoms with E-state index in [9.17, 15) is 4.79 Å². The summed E-state index contributed by atoms with van der Waals surface area (Å²) < 4.78 is 0. The molecule has 0 bridgehead atoms. The molecule has 0 aromatic heterocycles. The van der Waals surface area contributed by atoms with Gasteiger partial charge in [-0.25, -0.2) is 4.79 Å². The molecule has 6 nitrogen and oxygen atoms in total. The number of piperidine rings is 1. The fourth-order valence-electron chi connectivity index (χ4n) is 3.35. The number of aliphatic imine (C=N–C) groups is 2. The number of hydrogen-bond donors (Lipinski definition) is 1. The first-order valence-corrected chi connectivity index (χ1v) is 10.4. The lowest BCUT2D eigenvalue weighted by atomic mass is 10.0. The predicted octanol–water partition coefficient (Wildman–Crippen LogP) is 4.88. The zero-order valence-corrected chi connectivity index (χ0v) is 19.0. The Morgan fingerprint density at radius 1 is 1.34 bits per heavy atom. The Balaban J connectivity index is 2.14. The molecule has 2 rings (SSSR count). The second-order valence-corrected chi connectivity index (χ2v) is 7.98. The predicted molar refractivity (Wildman–Crippen MR) is 123 cm³/mol. The normalized spacial score (nSPS) is 17.4. The van der Waals surface area contributed by atoms with E-state index in [0.717, 1.165) is 31.5 Å². The van der Waals surface area contributed by atoms with Crippen LogP contribution in [0.15, 0.2) is 28.3 Å². The van der Waals surface area contributed by atoms with Gasteiger partial charge >= 0.3 is 6.03 Å². The monoisotopic (exact) mass is 437 g/mol. The van der Waals surface area contributed by atoms with Gasteiger partial charge in [-0.2, -0.15) is 0 Å².